The number of carbonyl (C=O) groups excluding carboxylic acids is 1. The van der Waals surface area contributed by atoms with E-state index < -0.39 is 5.41 Å². The number of carbonyl (C=O) groups is 1. The fourth-order valence-electron chi connectivity index (χ4n) is 2.80. The maximum atomic E-state index is 12.6. The second-order valence-electron chi connectivity index (χ2n) is 4.91. The summed E-state index contributed by atoms with van der Waals surface area (Å²) in [5, 5.41) is 0. The topological polar surface area (TPSA) is 55.6 Å². The number of nitrogens with zero attached hydrogens (tertiary/aromatic N) is 1. The Balaban J connectivity index is 2.13. The van der Waals surface area contributed by atoms with E-state index in [9.17, 15) is 4.79 Å². The number of hydrogen-bond acceptors (Lipinski definition) is 3. The van der Waals surface area contributed by atoms with Crippen molar-refractivity contribution in [1.82, 2.24) is 4.90 Å². The predicted molar refractivity (Wildman–Crippen MR) is 69.7 cm³/mol. The molecule has 2 N–H and O–H groups in total. The molecule has 1 saturated carbocycles. The zero-order valence-corrected chi connectivity index (χ0v) is 10.9. The zero-order valence-electron chi connectivity index (χ0n) is 10.1. The van der Waals surface area contributed by atoms with Gasteiger partial charge in [0, 0.05) is 19.7 Å². The highest BCUT2D eigenvalue weighted by Crippen LogP contribution is 2.40. The highest BCUT2D eigenvalue weighted by molar-refractivity contribution is 7.80. The smallest absolute Gasteiger partial charge is 0.235 e. The molecule has 4 nitrogen and oxygen atoms in total. The first-order valence-corrected chi connectivity index (χ1v) is 6.75. The molecule has 2 fully saturated rings. The van der Waals surface area contributed by atoms with Gasteiger partial charge in [-0.25, -0.2) is 0 Å². The number of ether oxygens (including phenoxy) is 1. The normalized spacial score (nSPS) is 24.4. The van der Waals surface area contributed by atoms with Gasteiger partial charge in [-0.2, -0.15) is 0 Å². The lowest BCUT2D eigenvalue weighted by Gasteiger charge is -2.32. The first-order valence-electron chi connectivity index (χ1n) is 6.34. The summed E-state index contributed by atoms with van der Waals surface area (Å²) < 4.78 is 5.37. The fraction of sp³-hybridized carbons (Fsp3) is 0.833. The monoisotopic (exact) mass is 256 g/mol. The molecule has 0 aromatic carbocycles. The van der Waals surface area contributed by atoms with Gasteiger partial charge in [0.05, 0.1) is 17.0 Å². The third-order valence-corrected chi connectivity index (χ3v) is 4.24. The van der Waals surface area contributed by atoms with Crippen LogP contribution in [0.3, 0.4) is 0 Å². The van der Waals surface area contributed by atoms with Gasteiger partial charge in [-0.3, -0.25) is 4.79 Å². The van der Waals surface area contributed by atoms with Crippen molar-refractivity contribution in [2.45, 2.75) is 32.1 Å². The van der Waals surface area contributed by atoms with Crippen molar-refractivity contribution < 1.29 is 9.53 Å². The van der Waals surface area contributed by atoms with Crippen LogP contribution in [-0.2, 0) is 9.53 Å². The zero-order chi connectivity index (χ0) is 12.3. The van der Waals surface area contributed by atoms with Crippen LogP contribution in [0.4, 0.5) is 0 Å². The van der Waals surface area contributed by atoms with Crippen LogP contribution in [0.2, 0.25) is 0 Å². The van der Waals surface area contributed by atoms with Gasteiger partial charge < -0.3 is 15.4 Å². The van der Waals surface area contributed by atoms with Crippen LogP contribution in [0.5, 0.6) is 0 Å². The molecule has 2 aliphatic rings. The molecule has 1 amide bonds. The molecule has 0 radical (unpaired) electrons. The molecule has 1 aliphatic heterocycles. The summed E-state index contributed by atoms with van der Waals surface area (Å²) in [6.07, 6.45) is 4.64. The molecule has 96 valence electrons. The molecule has 0 unspecified atom stereocenters. The van der Waals surface area contributed by atoms with E-state index in [0.29, 0.717) is 18.1 Å². The molecule has 2 rings (SSSR count). The molecule has 1 heterocycles. The quantitative estimate of drug-likeness (QED) is 0.751. The van der Waals surface area contributed by atoms with E-state index in [1.54, 1.807) is 0 Å². The van der Waals surface area contributed by atoms with E-state index in [-0.39, 0.29) is 5.91 Å². The van der Waals surface area contributed by atoms with Gasteiger partial charge in [0.2, 0.25) is 5.91 Å². The molecule has 0 aromatic heterocycles. The Morgan fingerprint density at radius 2 is 1.88 bits per heavy atom. The predicted octanol–water partition coefficient (Wildman–Crippen LogP) is 1.08. The summed E-state index contributed by atoms with van der Waals surface area (Å²) in [4.78, 5) is 14.9. The Morgan fingerprint density at radius 3 is 2.53 bits per heavy atom. The maximum absolute atomic E-state index is 12.6. The van der Waals surface area contributed by atoms with Crippen LogP contribution in [0, 0.1) is 5.41 Å². The Kier molecular flexibility index (Phi) is 3.99. The minimum Gasteiger partial charge on any atom is -0.392 e. The molecular formula is C12H20N2O2S. The molecule has 17 heavy (non-hydrogen) atoms. The Morgan fingerprint density at radius 1 is 1.18 bits per heavy atom. The van der Waals surface area contributed by atoms with Crippen molar-refractivity contribution >= 4 is 23.1 Å². The highest BCUT2D eigenvalue weighted by Gasteiger charge is 2.46. The van der Waals surface area contributed by atoms with Crippen LogP contribution in [-0.4, -0.2) is 42.1 Å². The average molecular weight is 256 g/mol. The second-order valence-corrected chi connectivity index (χ2v) is 5.35. The largest absolute Gasteiger partial charge is 0.392 e. The Labute approximate surface area is 107 Å². The van der Waals surface area contributed by atoms with E-state index in [1.807, 2.05) is 4.90 Å². The van der Waals surface area contributed by atoms with Crippen molar-refractivity contribution in [2.24, 2.45) is 11.1 Å². The molecule has 0 bridgehead atoms. The molecular weight excluding hydrogens is 236 g/mol. The third kappa shape index (κ3) is 2.45. The minimum absolute atomic E-state index is 0.132. The van der Waals surface area contributed by atoms with E-state index in [2.05, 4.69) is 0 Å². The number of nitrogens with two attached hydrogens (primary N) is 1. The lowest BCUT2D eigenvalue weighted by atomic mass is 9.84. The summed E-state index contributed by atoms with van der Waals surface area (Å²) in [5.74, 6) is 0.132. The Bertz CT molecular complexity index is 306. The van der Waals surface area contributed by atoms with Gasteiger partial charge in [-0.1, -0.05) is 25.1 Å². The van der Waals surface area contributed by atoms with Gasteiger partial charge in [-0.15, -0.1) is 0 Å². The molecule has 0 spiro atoms. The lowest BCUT2D eigenvalue weighted by molar-refractivity contribution is -0.138. The standard InChI is InChI=1S/C12H20N2O2S/c13-10(17)12(4-1-2-5-12)11(15)14-6-3-8-16-9-7-14/h1-9H2,(H2,13,17). The number of rotatable bonds is 2. The summed E-state index contributed by atoms with van der Waals surface area (Å²) in [7, 11) is 0. The van der Waals surface area contributed by atoms with Gasteiger partial charge in [0.25, 0.3) is 0 Å². The van der Waals surface area contributed by atoms with Gasteiger partial charge >= 0.3 is 0 Å². The van der Waals surface area contributed by atoms with Crippen molar-refractivity contribution in [3.8, 4) is 0 Å². The van der Waals surface area contributed by atoms with E-state index >= 15 is 0 Å². The SMILES string of the molecule is NC(=S)C1(C(=O)N2CCCOCC2)CCCC1. The van der Waals surface area contributed by atoms with Crippen molar-refractivity contribution in [2.75, 3.05) is 26.3 Å². The summed E-state index contributed by atoms with van der Waals surface area (Å²) >= 11 is 5.15. The minimum atomic E-state index is -0.556. The fourth-order valence-corrected chi connectivity index (χ4v) is 3.09. The van der Waals surface area contributed by atoms with Gasteiger partial charge in [-0.05, 0) is 19.3 Å². The number of amides is 1. The third-order valence-electron chi connectivity index (χ3n) is 3.85. The summed E-state index contributed by atoms with van der Waals surface area (Å²) in [6.45, 7) is 2.80. The lowest BCUT2D eigenvalue weighted by Crippen LogP contribution is -2.49. The van der Waals surface area contributed by atoms with Crippen LogP contribution in [0.15, 0.2) is 0 Å². The number of hydrogen-bond donors (Lipinski definition) is 1. The van der Waals surface area contributed by atoms with Crippen molar-refractivity contribution in [3.63, 3.8) is 0 Å². The van der Waals surface area contributed by atoms with E-state index in [4.69, 9.17) is 22.7 Å². The molecule has 1 saturated heterocycles. The first kappa shape index (κ1) is 12.8. The maximum Gasteiger partial charge on any atom is 0.235 e. The van der Waals surface area contributed by atoms with Crippen LogP contribution in [0.1, 0.15) is 32.1 Å². The molecule has 0 atom stereocenters. The van der Waals surface area contributed by atoms with Crippen molar-refractivity contribution in [3.05, 3.63) is 0 Å². The second kappa shape index (κ2) is 5.31. The van der Waals surface area contributed by atoms with E-state index in [0.717, 1.165) is 45.3 Å². The Hall–Kier alpha value is -0.680. The molecule has 1 aliphatic carbocycles. The summed E-state index contributed by atoms with van der Waals surface area (Å²) in [6, 6.07) is 0. The molecule has 5 heteroatoms. The highest BCUT2D eigenvalue weighted by atomic mass is 32.1. The van der Waals surface area contributed by atoms with Gasteiger partial charge in [0.15, 0.2) is 0 Å². The van der Waals surface area contributed by atoms with E-state index in [1.165, 1.54) is 0 Å². The van der Waals surface area contributed by atoms with Crippen LogP contribution in [0.25, 0.3) is 0 Å². The van der Waals surface area contributed by atoms with Crippen LogP contribution < -0.4 is 5.73 Å². The summed E-state index contributed by atoms with van der Waals surface area (Å²) in [5.41, 5.74) is 5.28. The number of thiocarbonyl (C=S) groups is 1. The average Bonchev–Trinajstić information content (AvgIpc) is 2.66. The van der Waals surface area contributed by atoms with Crippen LogP contribution >= 0.6 is 12.2 Å². The molecule has 0 aromatic rings. The first-order chi connectivity index (χ1) is 8.17. The van der Waals surface area contributed by atoms with Crippen molar-refractivity contribution in [1.29, 1.82) is 0 Å². The van der Waals surface area contributed by atoms with Gasteiger partial charge in [0.1, 0.15) is 0 Å².